The van der Waals surface area contributed by atoms with Crippen molar-refractivity contribution in [1.29, 1.82) is 0 Å². The first-order valence-electron chi connectivity index (χ1n) is 18.3. The predicted molar refractivity (Wildman–Crippen MR) is 218 cm³/mol. The summed E-state index contributed by atoms with van der Waals surface area (Å²) in [5.74, 6) is 2.35. The van der Waals surface area contributed by atoms with E-state index < -0.39 is 17.0 Å². The van der Waals surface area contributed by atoms with Crippen LogP contribution in [0.25, 0.3) is 0 Å². The van der Waals surface area contributed by atoms with Gasteiger partial charge in [0.2, 0.25) is 5.78 Å². The van der Waals surface area contributed by atoms with Crippen molar-refractivity contribution in [3.05, 3.63) is 147 Å². The van der Waals surface area contributed by atoms with Gasteiger partial charge >= 0.3 is 8.60 Å². The van der Waals surface area contributed by atoms with Crippen LogP contribution >= 0.6 is 17.0 Å². The van der Waals surface area contributed by atoms with Crippen LogP contribution in [0.2, 0.25) is 0 Å². The Labute approximate surface area is 321 Å². The molecule has 0 fully saturated rings. The molecule has 7 nitrogen and oxygen atoms in total. The zero-order valence-electron chi connectivity index (χ0n) is 32.6. The molecule has 0 amide bonds. The number of rotatable bonds is 13. The summed E-state index contributed by atoms with van der Waals surface area (Å²) in [6, 6.07) is 28.4. The van der Waals surface area contributed by atoms with Crippen molar-refractivity contribution in [3.8, 4) is 28.7 Å². The maximum atomic E-state index is 14.7. The van der Waals surface area contributed by atoms with Crippen LogP contribution in [-0.2, 0) is 0 Å². The summed E-state index contributed by atoms with van der Waals surface area (Å²) in [7, 11) is -3.72. The second kappa shape index (κ2) is 16.3. The van der Waals surface area contributed by atoms with E-state index in [0.717, 1.165) is 39.1 Å². The van der Waals surface area contributed by atoms with E-state index in [2.05, 4.69) is 77.9 Å². The van der Waals surface area contributed by atoms with E-state index in [4.69, 9.17) is 22.6 Å². The number of carbonyl (C=O) groups is 2. The molecule has 5 aromatic rings. The van der Waals surface area contributed by atoms with Gasteiger partial charge in [-0.2, -0.15) is 0 Å². The van der Waals surface area contributed by atoms with Crippen LogP contribution in [-0.4, -0.2) is 18.2 Å². The van der Waals surface area contributed by atoms with Gasteiger partial charge in [-0.1, -0.05) is 102 Å². The second-order valence-electron chi connectivity index (χ2n) is 14.7. The highest BCUT2D eigenvalue weighted by atomic mass is 31.2. The number of benzene rings is 5. The Morgan fingerprint density at radius 2 is 0.796 bits per heavy atom. The molecule has 0 spiro atoms. The summed E-state index contributed by atoms with van der Waals surface area (Å²) in [6.45, 7) is 20.5. The summed E-state index contributed by atoms with van der Waals surface area (Å²) in [5.41, 5.74) is 6.98. The summed E-state index contributed by atoms with van der Waals surface area (Å²) >= 11 is 0. The van der Waals surface area contributed by atoms with E-state index >= 15 is 0 Å². The maximum absolute atomic E-state index is 14.7. The van der Waals surface area contributed by atoms with E-state index in [9.17, 15) is 9.59 Å². The quantitative estimate of drug-likeness (QED) is 0.108. The molecule has 0 saturated carbocycles. The average Bonchev–Trinajstić information content (AvgIpc) is 3.10. The first-order chi connectivity index (χ1) is 25.7. The molecule has 0 heterocycles. The third kappa shape index (κ3) is 8.33. The Hall–Kier alpha value is -4.70. The molecule has 0 bridgehead atoms. The lowest BCUT2D eigenvalue weighted by atomic mass is 9.83. The first-order valence-corrected chi connectivity index (χ1v) is 21.0. The molecule has 0 aromatic heterocycles. The van der Waals surface area contributed by atoms with Gasteiger partial charge in [0.1, 0.15) is 28.7 Å². The average molecular weight is 763 g/mol. The van der Waals surface area contributed by atoms with E-state index in [1.165, 1.54) is 0 Å². The van der Waals surface area contributed by atoms with Crippen LogP contribution in [0, 0.1) is 20.8 Å². The van der Waals surface area contributed by atoms with Crippen molar-refractivity contribution in [3.63, 3.8) is 0 Å². The maximum Gasteiger partial charge on any atom is 0.530 e. The summed E-state index contributed by atoms with van der Waals surface area (Å²) in [5, 5.41) is 0. The third-order valence-electron chi connectivity index (χ3n) is 9.34. The van der Waals surface area contributed by atoms with Crippen LogP contribution in [0.3, 0.4) is 0 Å². The highest BCUT2D eigenvalue weighted by molar-refractivity contribution is 7.47. The van der Waals surface area contributed by atoms with E-state index in [-0.39, 0.29) is 63.1 Å². The minimum absolute atomic E-state index is 0.134. The Kier molecular flexibility index (Phi) is 11.8. The molecule has 9 heteroatoms. The lowest BCUT2D eigenvalue weighted by Gasteiger charge is -2.26. The van der Waals surface area contributed by atoms with E-state index in [1.54, 1.807) is 36.4 Å². The largest absolute Gasteiger partial charge is 0.530 e. The predicted octanol–water partition coefficient (Wildman–Crippen LogP) is 12.9. The number of hydrogen-bond acceptors (Lipinski definition) is 7. The molecule has 6 rings (SSSR count). The molecule has 0 aliphatic heterocycles. The summed E-state index contributed by atoms with van der Waals surface area (Å²) in [4.78, 5) is 28.8. The molecule has 1 atom stereocenters. The topological polar surface area (TPSA) is 80.3 Å². The van der Waals surface area contributed by atoms with Crippen LogP contribution in [0.1, 0.15) is 125 Å². The third-order valence-corrected chi connectivity index (χ3v) is 11.3. The molecule has 5 aromatic carbocycles. The highest BCUT2D eigenvalue weighted by Crippen LogP contribution is 2.49. The Morgan fingerprint density at radius 1 is 0.444 bits per heavy atom. The van der Waals surface area contributed by atoms with Gasteiger partial charge in [-0.05, 0) is 102 Å². The molecule has 280 valence electrons. The number of ketones is 2. The Morgan fingerprint density at radius 3 is 1.20 bits per heavy atom. The van der Waals surface area contributed by atoms with Crippen molar-refractivity contribution >= 4 is 28.5 Å². The summed E-state index contributed by atoms with van der Waals surface area (Å²) < 4.78 is 32.7. The van der Waals surface area contributed by atoms with Gasteiger partial charge in [0, 0.05) is 17.8 Å². The van der Waals surface area contributed by atoms with Gasteiger partial charge in [-0.15, -0.1) is 0 Å². The molecule has 54 heavy (non-hydrogen) atoms. The normalized spacial score (nSPS) is 12.9. The minimum atomic E-state index is -2.19. The van der Waals surface area contributed by atoms with Crippen molar-refractivity contribution in [2.75, 3.05) is 6.66 Å². The van der Waals surface area contributed by atoms with Gasteiger partial charge in [-0.3, -0.25) is 9.59 Å². The molecule has 0 radical (unpaired) electrons. The van der Waals surface area contributed by atoms with Gasteiger partial charge in [0.25, 0.3) is 8.38 Å². The van der Waals surface area contributed by atoms with E-state index in [0.29, 0.717) is 11.5 Å². The molecule has 0 N–H and O–H groups in total. The van der Waals surface area contributed by atoms with Crippen molar-refractivity contribution in [2.45, 2.75) is 80.1 Å². The van der Waals surface area contributed by atoms with Crippen molar-refractivity contribution < 1.29 is 32.2 Å². The number of carbonyl (C=O) groups excluding carboxylic acids is 2. The molecule has 1 unspecified atom stereocenters. The molecule has 0 saturated heterocycles. The van der Waals surface area contributed by atoms with Gasteiger partial charge in [0.15, 0.2) is 5.78 Å². The lowest BCUT2D eigenvalue weighted by molar-refractivity contribution is 0.0976. The molecular weight excluding hydrogens is 714 g/mol. The summed E-state index contributed by atoms with van der Waals surface area (Å²) in [6.07, 6.45) is 0. The van der Waals surface area contributed by atoms with Crippen LogP contribution in [0.4, 0.5) is 0 Å². The number of aryl methyl sites for hydroxylation is 3. The smallest absolute Gasteiger partial charge is 0.438 e. The lowest BCUT2D eigenvalue weighted by Crippen LogP contribution is -2.22. The molecular formula is C45H48O7P2. The highest BCUT2D eigenvalue weighted by Gasteiger charge is 2.37. The fourth-order valence-corrected chi connectivity index (χ4v) is 8.48. The zero-order valence-corrected chi connectivity index (χ0v) is 34.4. The molecule has 1 aliphatic rings. The van der Waals surface area contributed by atoms with E-state index in [1.807, 2.05) is 45.6 Å². The standard InChI is InChI=1S/C45H48O7P2/c1-26(2)32-20-17-29(7)23-39(32)49-53(10)48-37-15-11-13-35-42(37)45(47)43-36(44(35)46)14-12-16-38(43)50-54(51-40-24-30(8)18-21-33(40)27(3)4)52-41-25-31(9)19-22-34(41)28(5)6/h11-28H,1-10H3. The van der Waals surface area contributed by atoms with Crippen molar-refractivity contribution in [2.24, 2.45) is 0 Å². The second-order valence-corrected chi connectivity index (χ2v) is 17.0. The Bertz CT molecular complexity index is 2150. The Balaban J connectivity index is 1.38. The van der Waals surface area contributed by atoms with Gasteiger partial charge in [-0.25, -0.2) is 0 Å². The van der Waals surface area contributed by atoms with Gasteiger partial charge in [0.05, 0.1) is 11.1 Å². The van der Waals surface area contributed by atoms with Crippen LogP contribution < -0.4 is 22.6 Å². The van der Waals surface area contributed by atoms with Crippen LogP contribution in [0.5, 0.6) is 28.7 Å². The van der Waals surface area contributed by atoms with Crippen molar-refractivity contribution in [1.82, 2.24) is 0 Å². The van der Waals surface area contributed by atoms with Gasteiger partial charge < -0.3 is 22.6 Å². The first kappa shape index (κ1) is 39.0. The zero-order chi connectivity index (χ0) is 38.8. The SMILES string of the molecule is Cc1ccc(C(C)C)c(OP(C)Oc2cccc3c2C(=O)c2c(OP(Oc4cc(C)ccc4C(C)C)Oc4cc(C)ccc4C(C)C)cccc2C3=O)c1. The fourth-order valence-electron chi connectivity index (χ4n) is 6.52. The number of fused-ring (bicyclic) bond motifs is 2. The molecule has 1 aliphatic carbocycles. The minimum Gasteiger partial charge on any atom is -0.438 e. The van der Waals surface area contributed by atoms with Crippen LogP contribution in [0.15, 0.2) is 91.0 Å². The number of hydrogen-bond donors (Lipinski definition) is 0. The monoisotopic (exact) mass is 762 g/mol. The fraction of sp³-hybridized carbons (Fsp3) is 0.289.